The molecule has 14 heavy (non-hydrogen) atoms. The van der Waals surface area contributed by atoms with Crippen molar-refractivity contribution in [2.45, 2.75) is 38.5 Å². The molecule has 0 aromatic carbocycles. The van der Waals surface area contributed by atoms with Crippen molar-refractivity contribution in [1.82, 2.24) is 0 Å². The Morgan fingerprint density at radius 1 is 1.07 bits per heavy atom. The zero-order chi connectivity index (χ0) is 9.12. The molecule has 0 nitrogen and oxygen atoms in total. The molecule has 1 fully saturated rings. The van der Waals surface area contributed by atoms with E-state index in [0.717, 1.165) is 23.7 Å². The van der Waals surface area contributed by atoms with E-state index in [-0.39, 0.29) is 0 Å². The van der Waals surface area contributed by atoms with E-state index in [0.29, 0.717) is 0 Å². The quantitative estimate of drug-likeness (QED) is 0.548. The second kappa shape index (κ2) is 2.53. The largest absolute Gasteiger partial charge is 0.0844 e. The van der Waals surface area contributed by atoms with E-state index in [4.69, 9.17) is 0 Å². The van der Waals surface area contributed by atoms with Crippen LogP contribution in [0.15, 0.2) is 23.3 Å². The average Bonchev–Trinajstić information content (AvgIpc) is 2.67. The van der Waals surface area contributed by atoms with E-state index < -0.39 is 0 Å². The predicted molar refractivity (Wildman–Crippen MR) is 57.8 cm³/mol. The molecule has 4 aliphatic rings. The summed E-state index contributed by atoms with van der Waals surface area (Å²) in [4.78, 5) is 0. The molecule has 0 heterocycles. The molecule has 74 valence electrons. The fourth-order valence-electron chi connectivity index (χ4n) is 3.96. The van der Waals surface area contributed by atoms with Gasteiger partial charge in [0.05, 0.1) is 0 Å². The topological polar surface area (TPSA) is 0 Å². The first-order chi connectivity index (χ1) is 6.90. The van der Waals surface area contributed by atoms with Crippen molar-refractivity contribution in [3.05, 3.63) is 23.3 Å². The van der Waals surface area contributed by atoms with Gasteiger partial charge in [0.25, 0.3) is 0 Å². The van der Waals surface area contributed by atoms with Gasteiger partial charge in [-0.05, 0) is 56.3 Å². The van der Waals surface area contributed by atoms with Gasteiger partial charge in [0.2, 0.25) is 0 Å². The minimum absolute atomic E-state index is 0.912. The van der Waals surface area contributed by atoms with E-state index in [2.05, 4.69) is 12.2 Å². The highest BCUT2D eigenvalue weighted by molar-refractivity contribution is 5.32. The van der Waals surface area contributed by atoms with Crippen LogP contribution in [0.3, 0.4) is 0 Å². The average molecular weight is 186 g/mol. The zero-order valence-electron chi connectivity index (χ0n) is 8.71. The Labute approximate surface area is 86.1 Å². The maximum atomic E-state index is 2.60. The van der Waals surface area contributed by atoms with Crippen molar-refractivity contribution in [2.24, 2.45) is 23.7 Å². The van der Waals surface area contributed by atoms with Gasteiger partial charge in [-0.25, -0.2) is 0 Å². The Bertz CT molecular complexity index is 334. The third-order valence-electron chi connectivity index (χ3n) is 4.94. The fraction of sp³-hybridized carbons (Fsp3) is 0.714. The maximum Gasteiger partial charge on any atom is 0.00127 e. The van der Waals surface area contributed by atoms with Crippen LogP contribution in [0.4, 0.5) is 0 Å². The molecule has 2 bridgehead atoms. The number of rotatable bonds is 1. The monoisotopic (exact) mass is 186 g/mol. The molecular weight excluding hydrogens is 168 g/mol. The third kappa shape index (κ3) is 1.00. The number of allylic oxidation sites excluding steroid dienone is 4. The molecule has 0 amide bonds. The molecule has 0 radical (unpaired) electrons. The first-order valence-corrected chi connectivity index (χ1v) is 6.29. The minimum Gasteiger partial charge on any atom is -0.0844 e. The normalized spacial score (nSPS) is 48.6. The van der Waals surface area contributed by atoms with Gasteiger partial charge in [-0.3, -0.25) is 0 Å². The predicted octanol–water partition coefficient (Wildman–Crippen LogP) is 3.70. The van der Waals surface area contributed by atoms with Crippen molar-refractivity contribution >= 4 is 0 Å². The minimum atomic E-state index is 0.912. The lowest BCUT2D eigenvalue weighted by Gasteiger charge is -2.25. The second-order valence-corrected chi connectivity index (χ2v) is 5.80. The summed E-state index contributed by atoms with van der Waals surface area (Å²) in [5.41, 5.74) is 3.64. The molecule has 0 spiro atoms. The molecule has 0 aromatic rings. The Morgan fingerprint density at radius 3 is 2.79 bits per heavy atom. The van der Waals surface area contributed by atoms with Crippen LogP contribution in [0.1, 0.15) is 38.5 Å². The van der Waals surface area contributed by atoms with E-state index in [1.165, 1.54) is 38.5 Å². The highest BCUT2D eigenvalue weighted by Crippen LogP contribution is 2.54. The summed E-state index contributed by atoms with van der Waals surface area (Å²) in [5.74, 6) is 4.09. The van der Waals surface area contributed by atoms with Gasteiger partial charge >= 0.3 is 0 Å². The Kier molecular flexibility index (Phi) is 1.40. The number of fused-ring (bicyclic) bond motifs is 2. The standard InChI is InChI=1S/C14H18/c1-2-11-5-9(1)6-14(11)12-4-3-10-7-13(10)8-12/h4-5,9-10,13-14H,1-3,6-8H2/t9-,10?,13+,14?/m1/s1. The molecule has 4 rings (SSSR count). The first-order valence-electron chi connectivity index (χ1n) is 6.29. The van der Waals surface area contributed by atoms with E-state index in [1.54, 1.807) is 5.57 Å². The van der Waals surface area contributed by atoms with Crippen LogP contribution in [-0.4, -0.2) is 0 Å². The van der Waals surface area contributed by atoms with Gasteiger partial charge in [-0.2, -0.15) is 0 Å². The van der Waals surface area contributed by atoms with Gasteiger partial charge < -0.3 is 0 Å². The van der Waals surface area contributed by atoms with E-state index in [1.807, 2.05) is 5.57 Å². The summed E-state index contributed by atoms with van der Waals surface area (Å²) in [6, 6.07) is 0. The van der Waals surface area contributed by atoms with Crippen LogP contribution >= 0.6 is 0 Å². The van der Waals surface area contributed by atoms with Crippen molar-refractivity contribution in [1.29, 1.82) is 0 Å². The molecule has 2 unspecified atom stereocenters. The van der Waals surface area contributed by atoms with Crippen LogP contribution < -0.4 is 0 Å². The van der Waals surface area contributed by atoms with Crippen LogP contribution in [0.5, 0.6) is 0 Å². The summed E-state index contributed by atoms with van der Waals surface area (Å²) in [6.45, 7) is 0. The highest BCUT2D eigenvalue weighted by atomic mass is 14.5. The maximum absolute atomic E-state index is 2.60. The van der Waals surface area contributed by atoms with Crippen LogP contribution in [0.2, 0.25) is 0 Å². The third-order valence-corrected chi connectivity index (χ3v) is 4.94. The van der Waals surface area contributed by atoms with Crippen molar-refractivity contribution < 1.29 is 0 Å². The smallest absolute Gasteiger partial charge is 0.00127 e. The summed E-state index contributed by atoms with van der Waals surface area (Å²) in [7, 11) is 0. The van der Waals surface area contributed by atoms with Crippen LogP contribution in [-0.2, 0) is 0 Å². The van der Waals surface area contributed by atoms with Crippen molar-refractivity contribution in [3.8, 4) is 0 Å². The highest BCUT2D eigenvalue weighted by Gasteiger charge is 2.42. The van der Waals surface area contributed by atoms with E-state index in [9.17, 15) is 0 Å². The summed E-state index contributed by atoms with van der Waals surface area (Å²) in [6.07, 6.45) is 13.9. The molecule has 0 aliphatic heterocycles. The molecule has 0 N–H and O–H groups in total. The summed E-state index contributed by atoms with van der Waals surface area (Å²) >= 11 is 0. The van der Waals surface area contributed by atoms with Crippen LogP contribution in [0.25, 0.3) is 0 Å². The molecule has 0 aromatic heterocycles. The summed E-state index contributed by atoms with van der Waals surface area (Å²) in [5, 5.41) is 0. The lowest BCUT2D eigenvalue weighted by atomic mass is 9.80. The van der Waals surface area contributed by atoms with E-state index >= 15 is 0 Å². The first kappa shape index (κ1) is 7.73. The van der Waals surface area contributed by atoms with Gasteiger partial charge in [-0.15, -0.1) is 0 Å². The van der Waals surface area contributed by atoms with Crippen LogP contribution in [0, 0.1) is 23.7 Å². The Morgan fingerprint density at radius 2 is 2.07 bits per heavy atom. The van der Waals surface area contributed by atoms with Gasteiger partial charge in [0.1, 0.15) is 0 Å². The second-order valence-electron chi connectivity index (χ2n) is 5.80. The lowest BCUT2D eigenvalue weighted by Crippen LogP contribution is -2.12. The molecule has 0 saturated heterocycles. The Balaban J connectivity index is 1.58. The van der Waals surface area contributed by atoms with Crippen molar-refractivity contribution in [3.63, 3.8) is 0 Å². The number of hydrogen-bond donors (Lipinski definition) is 0. The zero-order valence-corrected chi connectivity index (χ0v) is 8.71. The molecule has 0 heteroatoms. The molecule has 4 atom stereocenters. The van der Waals surface area contributed by atoms with Crippen molar-refractivity contribution in [2.75, 3.05) is 0 Å². The SMILES string of the molecule is C1=C2CC[C@H]1CC2C1=CCC2C[C@H]2C1. The summed E-state index contributed by atoms with van der Waals surface area (Å²) < 4.78 is 0. The Hall–Kier alpha value is -0.520. The van der Waals surface area contributed by atoms with Gasteiger partial charge in [-0.1, -0.05) is 23.3 Å². The molecule has 1 saturated carbocycles. The van der Waals surface area contributed by atoms with Gasteiger partial charge in [0.15, 0.2) is 0 Å². The lowest BCUT2D eigenvalue weighted by molar-refractivity contribution is 0.454. The molecule has 4 aliphatic carbocycles. The fourth-order valence-corrected chi connectivity index (χ4v) is 3.96. The van der Waals surface area contributed by atoms with Gasteiger partial charge in [0, 0.05) is 5.92 Å². The number of hydrogen-bond acceptors (Lipinski definition) is 0. The molecular formula is C14H18.